The Kier molecular flexibility index (Phi) is 7.78. The summed E-state index contributed by atoms with van der Waals surface area (Å²) in [6.07, 6.45) is 0. The third-order valence-electron chi connectivity index (χ3n) is 2.27. The van der Waals surface area contributed by atoms with E-state index in [1.807, 2.05) is 12.1 Å². The van der Waals surface area contributed by atoms with Crippen LogP contribution >= 0.6 is 0 Å². The molecule has 0 heterocycles. The second kappa shape index (κ2) is 7.93. The molecule has 0 N–H and O–H groups in total. The van der Waals surface area contributed by atoms with Crippen LogP contribution < -0.4 is 28.7 Å². The Morgan fingerprint density at radius 1 is 1.33 bits per heavy atom. The van der Waals surface area contributed by atoms with Gasteiger partial charge in [-0.3, -0.25) is 0 Å². The molecule has 0 unspecified atom stereocenters. The summed E-state index contributed by atoms with van der Waals surface area (Å²) in [5.41, 5.74) is 1.24. The molecule has 1 aromatic rings. The number of aryl methyl sites for hydroxylation is 1. The van der Waals surface area contributed by atoms with Crippen molar-refractivity contribution in [1.29, 1.82) is 0 Å². The quantitative estimate of drug-likeness (QED) is 0.668. The van der Waals surface area contributed by atoms with Crippen molar-refractivity contribution >= 4 is 0 Å². The molecule has 0 fully saturated rings. The van der Waals surface area contributed by atoms with Gasteiger partial charge in [0.25, 0.3) is 0 Å². The lowest BCUT2D eigenvalue weighted by Crippen LogP contribution is -3.00. The Bertz CT molecular complexity index is 278. The molecular weight excluding hydrogens is 301 g/mol. The molecule has 0 saturated carbocycles. The van der Waals surface area contributed by atoms with E-state index in [1.54, 1.807) is 0 Å². The number of hydrogen-bond donors (Lipinski definition) is 0. The minimum Gasteiger partial charge on any atom is -1.00 e. The fourth-order valence-corrected chi connectivity index (χ4v) is 1.18. The lowest BCUT2D eigenvalue weighted by Gasteiger charge is -2.14. The van der Waals surface area contributed by atoms with E-state index < -0.39 is 0 Å². The highest BCUT2D eigenvalue weighted by Gasteiger charge is 1.96. The SMILES string of the molecule is CCN(C)CCOc1cccc(C)c1.[I-]. The zero-order valence-corrected chi connectivity index (χ0v) is 11.8. The summed E-state index contributed by atoms with van der Waals surface area (Å²) in [6, 6.07) is 8.16. The number of halogens is 1. The van der Waals surface area contributed by atoms with Crippen molar-refractivity contribution in [3.63, 3.8) is 0 Å². The Labute approximate surface area is 110 Å². The van der Waals surface area contributed by atoms with Crippen molar-refractivity contribution in [3.05, 3.63) is 29.8 Å². The molecule has 0 aliphatic rings. The van der Waals surface area contributed by atoms with Gasteiger partial charge >= 0.3 is 0 Å². The summed E-state index contributed by atoms with van der Waals surface area (Å²) in [6.45, 7) is 7.02. The summed E-state index contributed by atoms with van der Waals surface area (Å²) in [4.78, 5) is 2.23. The standard InChI is InChI=1S/C12H19NO.HI/c1-4-13(3)8-9-14-12-7-5-6-11(2)10-12;/h5-7,10H,4,8-9H2,1-3H3;1H/p-1. The second-order valence-electron chi connectivity index (χ2n) is 3.56. The molecule has 1 aromatic carbocycles. The molecular formula is C12H19INO-. The minimum atomic E-state index is 0. The first-order chi connectivity index (χ1) is 6.72. The van der Waals surface area contributed by atoms with Crippen molar-refractivity contribution in [3.8, 4) is 5.75 Å². The summed E-state index contributed by atoms with van der Waals surface area (Å²) >= 11 is 0. The number of benzene rings is 1. The van der Waals surface area contributed by atoms with Gasteiger partial charge in [-0.15, -0.1) is 0 Å². The summed E-state index contributed by atoms with van der Waals surface area (Å²) in [5, 5.41) is 0. The number of likely N-dealkylation sites (N-methyl/N-ethyl adjacent to an activating group) is 1. The van der Waals surface area contributed by atoms with Crippen LogP contribution in [0, 0.1) is 6.92 Å². The van der Waals surface area contributed by atoms with Crippen LogP contribution in [0.2, 0.25) is 0 Å². The van der Waals surface area contributed by atoms with Crippen LogP contribution in [0.25, 0.3) is 0 Å². The Balaban J connectivity index is 0.00000196. The zero-order valence-electron chi connectivity index (χ0n) is 9.66. The molecule has 0 saturated heterocycles. The van der Waals surface area contributed by atoms with Crippen LogP contribution in [0.15, 0.2) is 24.3 Å². The maximum Gasteiger partial charge on any atom is 0.119 e. The van der Waals surface area contributed by atoms with E-state index in [4.69, 9.17) is 4.74 Å². The summed E-state index contributed by atoms with van der Waals surface area (Å²) in [5.74, 6) is 0.967. The minimum absolute atomic E-state index is 0. The molecule has 0 aromatic heterocycles. The van der Waals surface area contributed by atoms with Gasteiger partial charge in [0, 0.05) is 6.54 Å². The highest BCUT2D eigenvalue weighted by molar-refractivity contribution is 5.27. The van der Waals surface area contributed by atoms with Gasteiger partial charge in [-0.25, -0.2) is 0 Å². The predicted octanol–water partition coefficient (Wildman–Crippen LogP) is -0.670. The molecule has 0 radical (unpaired) electrons. The van der Waals surface area contributed by atoms with E-state index in [0.29, 0.717) is 0 Å². The van der Waals surface area contributed by atoms with Crippen LogP contribution in [0.5, 0.6) is 5.75 Å². The highest BCUT2D eigenvalue weighted by atomic mass is 127. The largest absolute Gasteiger partial charge is 1.00 e. The molecule has 86 valence electrons. The van der Waals surface area contributed by atoms with E-state index in [-0.39, 0.29) is 24.0 Å². The van der Waals surface area contributed by atoms with Crippen LogP contribution in [0.3, 0.4) is 0 Å². The van der Waals surface area contributed by atoms with Crippen LogP contribution in [0.1, 0.15) is 12.5 Å². The maximum absolute atomic E-state index is 5.62. The monoisotopic (exact) mass is 320 g/mol. The van der Waals surface area contributed by atoms with Crippen molar-refractivity contribution < 1.29 is 28.7 Å². The molecule has 3 heteroatoms. The van der Waals surface area contributed by atoms with Gasteiger partial charge in [0.15, 0.2) is 0 Å². The number of hydrogen-bond acceptors (Lipinski definition) is 2. The maximum atomic E-state index is 5.62. The van der Waals surface area contributed by atoms with Gasteiger partial charge in [0.2, 0.25) is 0 Å². The molecule has 15 heavy (non-hydrogen) atoms. The first-order valence-electron chi connectivity index (χ1n) is 5.10. The normalized spacial score (nSPS) is 9.87. The molecule has 0 bridgehead atoms. The zero-order chi connectivity index (χ0) is 10.4. The first kappa shape index (κ1) is 14.7. The van der Waals surface area contributed by atoms with Crippen LogP contribution in [0.4, 0.5) is 0 Å². The lowest BCUT2D eigenvalue weighted by molar-refractivity contribution is -0.00000362. The fourth-order valence-electron chi connectivity index (χ4n) is 1.18. The van der Waals surface area contributed by atoms with Gasteiger partial charge in [0.1, 0.15) is 12.4 Å². The smallest absolute Gasteiger partial charge is 0.119 e. The lowest BCUT2D eigenvalue weighted by atomic mass is 10.2. The van der Waals surface area contributed by atoms with Crippen molar-refractivity contribution in [2.24, 2.45) is 0 Å². The van der Waals surface area contributed by atoms with Crippen molar-refractivity contribution in [2.75, 3.05) is 26.7 Å². The van der Waals surface area contributed by atoms with E-state index in [0.717, 1.165) is 25.4 Å². The van der Waals surface area contributed by atoms with E-state index >= 15 is 0 Å². The van der Waals surface area contributed by atoms with Gasteiger partial charge < -0.3 is 33.6 Å². The molecule has 0 aliphatic carbocycles. The van der Waals surface area contributed by atoms with E-state index in [2.05, 4.69) is 37.9 Å². The average Bonchev–Trinajstić information content (AvgIpc) is 2.17. The molecule has 0 amide bonds. The topological polar surface area (TPSA) is 12.5 Å². The highest BCUT2D eigenvalue weighted by Crippen LogP contribution is 2.11. The van der Waals surface area contributed by atoms with Crippen molar-refractivity contribution in [2.45, 2.75) is 13.8 Å². The Morgan fingerprint density at radius 2 is 2.07 bits per heavy atom. The Hall–Kier alpha value is -0.290. The number of ether oxygens (including phenoxy) is 1. The van der Waals surface area contributed by atoms with E-state index in [9.17, 15) is 0 Å². The van der Waals surface area contributed by atoms with Gasteiger partial charge in [-0.1, -0.05) is 19.1 Å². The third-order valence-corrected chi connectivity index (χ3v) is 2.27. The number of nitrogens with zero attached hydrogens (tertiary/aromatic N) is 1. The average molecular weight is 320 g/mol. The molecule has 0 spiro atoms. The first-order valence-corrected chi connectivity index (χ1v) is 5.10. The van der Waals surface area contributed by atoms with Gasteiger partial charge in [0.05, 0.1) is 0 Å². The molecule has 0 aliphatic heterocycles. The van der Waals surface area contributed by atoms with Gasteiger partial charge in [-0.2, -0.15) is 0 Å². The molecule has 2 nitrogen and oxygen atoms in total. The molecule has 1 rings (SSSR count). The van der Waals surface area contributed by atoms with E-state index in [1.165, 1.54) is 5.56 Å². The van der Waals surface area contributed by atoms with Crippen molar-refractivity contribution in [1.82, 2.24) is 4.90 Å². The molecule has 0 atom stereocenters. The van der Waals surface area contributed by atoms with Gasteiger partial charge in [-0.05, 0) is 38.2 Å². The summed E-state index contributed by atoms with van der Waals surface area (Å²) in [7, 11) is 2.10. The second-order valence-corrected chi connectivity index (χ2v) is 3.56. The fraction of sp³-hybridized carbons (Fsp3) is 0.500. The van der Waals surface area contributed by atoms with Crippen LogP contribution in [-0.2, 0) is 0 Å². The third kappa shape index (κ3) is 5.99. The van der Waals surface area contributed by atoms with Crippen LogP contribution in [-0.4, -0.2) is 31.6 Å². The predicted molar refractivity (Wildman–Crippen MR) is 59.8 cm³/mol. The number of rotatable bonds is 5. The Morgan fingerprint density at radius 3 is 2.67 bits per heavy atom. The summed E-state index contributed by atoms with van der Waals surface area (Å²) < 4.78 is 5.62.